The van der Waals surface area contributed by atoms with Gasteiger partial charge < -0.3 is 15.8 Å². The molecule has 0 radical (unpaired) electrons. The summed E-state index contributed by atoms with van der Waals surface area (Å²) in [5.41, 5.74) is 6.84. The van der Waals surface area contributed by atoms with E-state index >= 15 is 0 Å². The Kier molecular flexibility index (Phi) is 5.57. The summed E-state index contributed by atoms with van der Waals surface area (Å²) in [6, 6.07) is 7.12. The zero-order chi connectivity index (χ0) is 17.7. The molecular formula is C17H22N4O3. The lowest BCUT2D eigenvalue weighted by atomic mass is 10.1. The molecule has 0 spiro atoms. The number of hydrogen-bond donors (Lipinski definition) is 2. The molecule has 1 aromatic carbocycles. The Hall–Kier alpha value is -2.83. The van der Waals surface area contributed by atoms with Crippen molar-refractivity contribution in [1.29, 1.82) is 0 Å². The fourth-order valence-corrected chi connectivity index (χ4v) is 2.55. The molecule has 7 heteroatoms. The normalized spacial score (nSPS) is 10.5. The minimum absolute atomic E-state index is 0.102. The van der Waals surface area contributed by atoms with Crippen LogP contribution in [0.2, 0.25) is 0 Å². The summed E-state index contributed by atoms with van der Waals surface area (Å²) in [5, 5.41) is 7.06. The Balaban J connectivity index is 2.41. The standard InChI is InChI=1S/C17H22N4O3/c1-4-8-12-14(15(16(18)22)21(3)20-12)17(23)19-11-9-6-7-10-13(11)24-5-2/h6-7,9-10H,4-5,8H2,1-3H3,(H2,18,22)(H,19,23). The van der Waals surface area contributed by atoms with Gasteiger partial charge in [-0.2, -0.15) is 5.10 Å². The van der Waals surface area contributed by atoms with Crippen molar-refractivity contribution in [3.8, 4) is 5.75 Å². The predicted molar refractivity (Wildman–Crippen MR) is 91.3 cm³/mol. The minimum atomic E-state index is -0.685. The first-order valence-corrected chi connectivity index (χ1v) is 7.88. The van der Waals surface area contributed by atoms with Crippen LogP contribution >= 0.6 is 0 Å². The molecule has 1 aromatic heterocycles. The number of nitrogens with two attached hydrogens (primary N) is 1. The second-order valence-corrected chi connectivity index (χ2v) is 5.29. The van der Waals surface area contributed by atoms with Crippen molar-refractivity contribution in [1.82, 2.24) is 9.78 Å². The molecule has 2 amide bonds. The molecule has 1 heterocycles. The van der Waals surface area contributed by atoms with Gasteiger partial charge in [-0.1, -0.05) is 25.5 Å². The van der Waals surface area contributed by atoms with Gasteiger partial charge in [0.2, 0.25) is 0 Å². The number of para-hydroxylation sites is 2. The van der Waals surface area contributed by atoms with Gasteiger partial charge in [-0.25, -0.2) is 0 Å². The Morgan fingerprint density at radius 2 is 2.00 bits per heavy atom. The highest BCUT2D eigenvalue weighted by molar-refractivity contribution is 6.12. The fraction of sp³-hybridized carbons (Fsp3) is 0.353. The lowest BCUT2D eigenvalue weighted by Gasteiger charge is -2.11. The first-order chi connectivity index (χ1) is 11.5. The van der Waals surface area contributed by atoms with Crippen molar-refractivity contribution in [2.75, 3.05) is 11.9 Å². The van der Waals surface area contributed by atoms with E-state index in [1.165, 1.54) is 4.68 Å². The van der Waals surface area contributed by atoms with E-state index in [2.05, 4.69) is 10.4 Å². The fourth-order valence-electron chi connectivity index (χ4n) is 2.55. The number of nitrogens with one attached hydrogen (secondary N) is 1. The zero-order valence-corrected chi connectivity index (χ0v) is 14.1. The largest absolute Gasteiger partial charge is 0.492 e. The summed E-state index contributed by atoms with van der Waals surface area (Å²) in [6.45, 7) is 4.32. The second kappa shape index (κ2) is 7.63. The number of hydrogen-bond acceptors (Lipinski definition) is 4. The predicted octanol–water partition coefficient (Wildman–Crippen LogP) is 2.12. The van der Waals surface area contributed by atoms with E-state index in [-0.39, 0.29) is 11.3 Å². The monoisotopic (exact) mass is 330 g/mol. The number of primary amides is 1. The molecule has 0 fully saturated rings. The molecule has 128 valence electrons. The van der Waals surface area contributed by atoms with Crippen LogP contribution in [0.3, 0.4) is 0 Å². The molecule has 0 unspecified atom stereocenters. The maximum absolute atomic E-state index is 12.8. The number of nitrogens with zero attached hydrogens (tertiary/aromatic N) is 2. The highest BCUT2D eigenvalue weighted by Crippen LogP contribution is 2.25. The first kappa shape index (κ1) is 17.5. The Bertz CT molecular complexity index is 752. The molecule has 0 aliphatic rings. The van der Waals surface area contributed by atoms with Gasteiger partial charge in [0.1, 0.15) is 11.4 Å². The summed E-state index contributed by atoms with van der Waals surface area (Å²) in [4.78, 5) is 24.5. The van der Waals surface area contributed by atoms with Crippen molar-refractivity contribution < 1.29 is 14.3 Å². The maximum atomic E-state index is 12.8. The summed E-state index contributed by atoms with van der Waals surface area (Å²) < 4.78 is 6.87. The molecule has 0 bridgehead atoms. The Morgan fingerprint density at radius 3 is 2.62 bits per heavy atom. The second-order valence-electron chi connectivity index (χ2n) is 5.29. The molecule has 0 saturated carbocycles. The number of rotatable bonds is 7. The van der Waals surface area contributed by atoms with Gasteiger partial charge in [-0.05, 0) is 25.5 Å². The average Bonchev–Trinajstić information content (AvgIpc) is 2.86. The zero-order valence-electron chi connectivity index (χ0n) is 14.1. The van der Waals surface area contributed by atoms with E-state index < -0.39 is 11.8 Å². The van der Waals surface area contributed by atoms with E-state index in [9.17, 15) is 9.59 Å². The lowest BCUT2D eigenvalue weighted by molar-refractivity contribution is 0.0970. The number of carbonyl (C=O) groups is 2. The van der Waals surface area contributed by atoms with Gasteiger partial charge in [0.15, 0.2) is 0 Å². The van der Waals surface area contributed by atoms with Crippen LogP contribution in [-0.4, -0.2) is 28.2 Å². The average molecular weight is 330 g/mol. The summed E-state index contributed by atoms with van der Waals surface area (Å²) >= 11 is 0. The van der Waals surface area contributed by atoms with Crippen molar-refractivity contribution in [3.63, 3.8) is 0 Å². The van der Waals surface area contributed by atoms with Gasteiger partial charge >= 0.3 is 0 Å². The number of anilines is 1. The summed E-state index contributed by atoms with van der Waals surface area (Å²) in [5.74, 6) is -0.544. The number of aryl methyl sites for hydroxylation is 2. The number of amides is 2. The summed E-state index contributed by atoms with van der Waals surface area (Å²) in [7, 11) is 1.60. The molecule has 0 saturated heterocycles. The van der Waals surface area contributed by atoms with Crippen LogP contribution in [0, 0.1) is 0 Å². The van der Waals surface area contributed by atoms with Gasteiger partial charge in [0, 0.05) is 7.05 Å². The highest BCUT2D eigenvalue weighted by Gasteiger charge is 2.26. The SMILES string of the molecule is CCCc1nn(C)c(C(N)=O)c1C(=O)Nc1ccccc1OCC. The molecule has 0 aliphatic carbocycles. The molecule has 24 heavy (non-hydrogen) atoms. The Morgan fingerprint density at radius 1 is 1.29 bits per heavy atom. The van der Waals surface area contributed by atoms with Crippen LogP contribution in [-0.2, 0) is 13.5 Å². The van der Waals surface area contributed by atoms with Crippen LogP contribution < -0.4 is 15.8 Å². The van der Waals surface area contributed by atoms with Crippen LogP contribution in [0.1, 0.15) is 46.8 Å². The van der Waals surface area contributed by atoms with Crippen molar-refractivity contribution in [3.05, 3.63) is 41.2 Å². The van der Waals surface area contributed by atoms with Gasteiger partial charge in [-0.15, -0.1) is 0 Å². The molecular weight excluding hydrogens is 308 g/mol. The van der Waals surface area contributed by atoms with Crippen LogP contribution in [0.5, 0.6) is 5.75 Å². The molecule has 2 rings (SSSR count). The van der Waals surface area contributed by atoms with E-state index in [0.717, 1.165) is 6.42 Å². The number of carbonyl (C=O) groups excluding carboxylic acids is 2. The van der Waals surface area contributed by atoms with Crippen LogP contribution in [0.25, 0.3) is 0 Å². The van der Waals surface area contributed by atoms with Gasteiger partial charge in [0.05, 0.1) is 23.6 Å². The number of benzene rings is 1. The van der Waals surface area contributed by atoms with Gasteiger partial charge in [-0.3, -0.25) is 14.3 Å². The van der Waals surface area contributed by atoms with Crippen LogP contribution in [0.15, 0.2) is 24.3 Å². The maximum Gasteiger partial charge on any atom is 0.267 e. The smallest absolute Gasteiger partial charge is 0.267 e. The van der Waals surface area contributed by atoms with E-state index in [4.69, 9.17) is 10.5 Å². The van der Waals surface area contributed by atoms with Crippen molar-refractivity contribution >= 4 is 17.5 Å². The van der Waals surface area contributed by atoms with E-state index in [1.807, 2.05) is 19.9 Å². The summed E-state index contributed by atoms with van der Waals surface area (Å²) in [6.07, 6.45) is 1.38. The molecule has 0 atom stereocenters. The van der Waals surface area contributed by atoms with Gasteiger partial charge in [0.25, 0.3) is 11.8 Å². The molecule has 0 aliphatic heterocycles. The highest BCUT2D eigenvalue weighted by atomic mass is 16.5. The van der Waals surface area contributed by atoms with E-state index in [0.29, 0.717) is 30.2 Å². The van der Waals surface area contributed by atoms with Crippen LogP contribution in [0.4, 0.5) is 5.69 Å². The van der Waals surface area contributed by atoms with E-state index in [1.54, 1.807) is 25.2 Å². The Labute approximate surface area is 140 Å². The van der Waals surface area contributed by atoms with Crippen molar-refractivity contribution in [2.24, 2.45) is 12.8 Å². The lowest BCUT2D eigenvalue weighted by Crippen LogP contribution is -2.22. The molecule has 2 aromatic rings. The third kappa shape index (κ3) is 3.56. The first-order valence-electron chi connectivity index (χ1n) is 7.88. The molecule has 3 N–H and O–H groups in total. The third-order valence-corrected chi connectivity index (χ3v) is 3.50. The number of ether oxygens (including phenoxy) is 1. The number of aromatic nitrogens is 2. The third-order valence-electron chi connectivity index (χ3n) is 3.50. The van der Waals surface area contributed by atoms with Crippen molar-refractivity contribution in [2.45, 2.75) is 26.7 Å². The topological polar surface area (TPSA) is 99.2 Å². The quantitative estimate of drug-likeness (QED) is 0.812. The molecule has 7 nitrogen and oxygen atoms in total. The minimum Gasteiger partial charge on any atom is -0.492 e.